The summed E-state index contributed by atoms with van der Waals surface area (Å²) in [4.78, 5) is 22.3. The lowest BCUT2D eigenvalue weighted by Crippen LogP contribution is -2.48. The van der Waals surface area contributed by atoms with Crippen LogP contribution in [0, 0.1) is 6.92 Å². The Morgan fingerprint density at radius 3 is 2.91 bits per heavy atom. The number of halogens is 1. The van der Waals surface area contributed by atoms with Gasteiger partial charge < -0.3 is 14.7 Å². The number of hydrogen-bond acceptors (Lipinski definition) is 6. The van der Waals surface area contributed by atoms with Crippen LogP contribution in [0.5, 0.6) is 0 Å². The molecule has 2 aromatic rings. The van der Waals surface area contributed by atoms with Crippen molar-refractivity contribution in [3.8, 4) is 0 Å². The summed E-state index contributed by atoms with van der Waals surface area (Å²) >= 11 is 5.87. The van der Waals surface area contributed by atoms with Gasteiger partial charge in [-0.05, 0) is 18.6 Å². The van der Waals surface area contributed by atoms with Gasteiger partial charge in [-0.2, -0.15) is 4.98 Å². The summed E-state index contributed by atoms with van der Waals surface area (Å²) in [6.45, 7) is 4.46. The third-order valence-electron chi connectivity index (χ3n) is 3.68. The fourth-order valence-corrected chi connectivity index (χ4v) is 2.84. The van der Waals surface area contributed by atoms with Crippen molar-refractivity contribution in [2.75, 3.05) is 18.0 Å². The van der Waals surface area contributed by atoms with E-state index in [2.05, 4.69) is 25.3 Å². The lowest BCUT2D eigenvalue weighted by atomic mass is 9.97. The molecule has 7 nitrogen and oxygen atoms in total. The first-order valence-corrected chi connectivity index (χ1v) is 7.32. The molecule has 0 saturated carbocycles. The first-order chi connectivity index (χ1) is 10.5. The lowest BCUT2D eigenvalue weighted by Gasteiger charge is -2.27. The van der Waals surface area contributed by atoms with Gasteiger partial charge in [0.2, 0.25) is 11.8 Å². The molecule has 1 aliphatic rings. The van der Waals surface area contributed by atoms with Crippen molar-refractivity contribution in [1.29, 1.82) is 0 Å². The van der Waals surface area contributed by atoms with Gasteiger partial charge in [-0.15, -0.1) is 0 Å². The summed E-state index contributed by atoms with van der Waals surface area (Å²) < 4.78 is 5.08. The predicted octanol–water partition coefficient (Wildman–Crippen LogP) is 1.67. The maximum atomic E-state index is 11.6. The zero-order valence-corrected chi connectivity index (χ0v) is 13.1. The first-order valence-electron chi connectivity index (χ1n) is 6.94. The first kappa shape index (κ1) is 14.8. The monoisotopic (exact) mass is 321 g/mol. The maximum absolute atomic E-state index is 11.6. The molecular formula is C14H16ClN5O2. The van der Waals surface area contributed by atoms with Gasteiger partial charge in [-0.25, -0.2) is 4.98 Å². The van der Waals surface area contributed by atoms with Crippen molar-refractivity contribution in [3.05, 3.63) is 35.1 Å². The second-order valence-electron chi connectivity index (χ2n) is 5.41. The second-order valence-corrected chi connectivity index (χ2v) is 5.84. The molecule has 1 amide bonds. The van der Waals surface area contributed by atoms with Gasteiger partial charge in [0.1, 0.15) is 11.4 Å². The quantitative estimate of drug-likeness (QED) is 0.925. The molecule has 0 spiro atoms. The molecule has 1 fully saturated rings. The van der Waals surface area contributed by atoms with E-state index in [-0.39, 0.29) is 5.91 Å². The largest absolute Gasteiger partial charge is 0.354 e. The predicted molar refractivity (Wildman–Crippen MR) is 80.6 cm³/mol. The van der Waals surface area contributed by atoms with Crippen molar-refractivity contribution >= 4 is 23.3 Å². The van der Waals surface area contributed by atoms with E-state index in [0.29, 0.717) is 29.7 Å². The van der Waals surface area contributed by atoms with Crippen LogP contribution >= 0.6 is 11.6 Å². The molecule has 0 radical (unpaired) electrons. The third-order valence-corrected chi connectivity index (χ3v) is 3.90. The molecule has 1 atom stereocenters. The highest BCUT2D eigenvalue weighted by Gasteiger charge is 2.44. The maximum Gasteiger partial charge on any atom is 0.223 e. The van der Waals surface area contributed by atoms with E-state index in [4.69, 9.17) is 16.1 Å². The van der Waals surface area contributed by atoms with E-state index >= 15 is 0 Å². The summed E-state index contributed by atoms with van der Waals surface area (Å²) in [6, 6.07) is 3.65. The second kappa shape index (κ2) is 5.57. The van der Waals surface area contributed by atoms with Crippen molar-refractivity contribution in [3.63, 3.8) is 0 Å². The van der Waals surface area contributed by atoms with Gasteiger partial charge in [0.05, 0.1) is 5.02 Å². The molecule has 22 heavy (non-hydrogen) atoms. The number of nitrogens with zero attached hydrogens (tertiary/aromatic N) is 4. The zero-order valence-electron chi connectivity index (χ0n) is 12.3. The Bertz CT molecular complexity index is 687. The van der Waals surface area contributed by atoms with Crippen LogP contribution in [0.4, 0.5) is 5.82 Å². The average molecular weight is 322 g/mol. The van der Waals surface area contributed by atoms with Crippen LogP contribution in [0.15, 0.2) is 22.9 Å². The number of rotatable bonds is 3. The standard InChI is InChI=1S/C14H16ClN5O2/c1-9(21)18-14(13-17-10(2)22-19-13)5-6-20(8-14)12-4-3-11(15)7-16-12/h3-4,7H,5-6,8H2,1-2H3,(H,18,21)/t14-/m0/s1. The SMILES string of the molecule is CC(=O)N[C@@]1(c2noc(C)n2)CCN(c2ccc(Cl)cn2)C1. The third kappa shape index (κ3) is 2.76. The molecule has 116 valence electrons. The number of carbonyl (C=O) groups excluding carboxylic acids is 1. The number of amides is 1. The summed E-state index contributed by atoms with van der Waals surface area (Å²) in [5.74, 6) is 1.64. The van der Waals surface area contributed by atoms with Gasteiger partial charge in [-0.3, -0.25) is 4.79 Å². The lowest BCUT2D eigenvalue weighted by molar-refractivity contribution is -0.120. The van der Waals surface area contributed by atoms with Crippen molar-refractivity contribution < 1.29 is 9.32 Å². The Balaban J connectivity index is 1.89. The minimum absolute atomic E-state index is 0.131. The van der Waals surface area contributed by atoms with E-state index in [1.807, 2.05) is 6.07 Å². The molecule has 3 rings (SSSR count). The molecule has 0 unspecified atom stereocenters. The fourth-order valence-electron chi connectivity index (χ4n) is 2.73. The molecule has 0 aliphatic carbocycles. The average Bonchev–Trinajstić information content (AvgIpc) is 3.07. The summed E-state index contributed by atoms with van der Waals surface area (Å²) in [7, 11) is 0. The van der Waals surface area contributed by atoms with Crippen LogP contribution in [0.2, 0.25) is 5.02 Å². The summed E-state index contributed by atoms with van der Waals surface area (Å²) in [5.41, 5.74) is -0.662. The molecular weight excluding hydrogens is 306 g/mol. The van der Waals surface area contributed by atoms with Gasteiger partial charge in [0.15, 0.2) is 5.82 Å². The van der Waals surface area contributed by atoms with Crippen LogP contribution < -0.4 is 10.2 Å². The zero-order chi connectivity index (χ0) is 15.7. The number of carbonyl (C=O) groups is 1. The van der Waals surface area contributed by atoms with Crippen LogP contribution in [0.25, 0.3) is 0 Å². The van der Waals surface area contributed by atoms with Crippen LogP contribution in [0.3, 0.4) is 0 Å². The minimum atomic E-state index is -0.662. The highest BCUT2D eigenvalue weighted by atomic mass is 35.5. The molecule has 8 heteroatoms. The van der Waals surface area contributed by atoms with Gasteiger partial charge in [0, 0.05) is 33.1 Å². The van der Waals surface area contributed by atoms with Gasteiger partial charge in [0.25, 0.3) is 0 Å². The normalized spacial score (nSPS) is 21.1. The molecule has 2 aromatic heterocycles. The Hall–Kier alpha value is -2.15. The molecule has 3 heterocycles. The molecule has 1 aliphatic heterocycles. The Kier molecular flexibility index (Phi) is 3.74. The topological polar surface area (TPSA) is 84.2 Å². The van der Waals surface area contributed by atoms with Crippen molar-refractivity contribution in [2.24, 2.45) is 0 Å². The van der Waals surface area contributed by atoms with E-state index < -0.39 is 5.54 Å². The van der Waals surface area contributed by atoms with Gasteiger partial charge >= 0.3 is 0 Å². The van der Waals surface area contributed by atoms with Crippen LogP contribution in [-0.2, 0) is 10.3 Å². The number of anilines is 1. The van der Waals surface area contributed by atoms with E-state index in [1.165, 1.54) is 6.92 Å². The van der Waals surface area contributed by atoms with Gasteiger partial charge in [-0.1, -0.05) is 16.8 Å². The summed E-state index contributed by atoms with van der Waals surface area (Å²) in [5, 5.41) is 7.56. The molecule has 1 N–H and O–H groups in total. The molecule has 0 aromatic carbocycles. The highest BCUT2D eigenvalue weighted by Crippen LogP contribution is 2.32. The minimum Gasteiger partial charge on any atom is -0.354 e. The smallest absolute Gasteiger partial charge is 0.223 e. The Morgan fingerprint density at radius 1 is 1.50 bits per heavy atom. The van der Waals surface area contributed by atoms with E-state index in [1.54, 1.807) is 19.2 Å². The van der Waals surface area contributed by atoms with Crippen molar-refractivity contribution in [1.82, 2.24) is 20.4 Å². The van der Waals surface area contributed by atoms with Crippen molar-refractivity contribution in [2.45, 2.75) is 25.8 Å². The highest BCUT2D eigenvalue weighted by molar-refractivity contribution is 6.30. The fraction of sp³-hybridized carbons (Fsp3) is 0.429. The number of aromatic nitrogens is 3. The van der Waals surface area contributed by atoms with Crippen LogP contribution in [-0.4, -0.2) is 34.1 Å². The number of nitrogens with one attached hydrogen (secondary N) is 1. The Morgan fingerprint density at radius 2 is 2.32 bits per heavy atom. The molecule has 1 saturated heterocycles. The van der Waals surface area contributed by atoms with E-state index in [0.717, 1.165) is 12.4 Å². The summed E-state index contributed by atoms with van der Waals surface area (Å²) in [6.07, 6.45) is 2.28. The Labute approximate surface area is 132 Å². The van der Waals surface area contributed by atoms with E-state index in [9.17, 15) is 4.79 Å². The number of hydrogen-bond donors (Lipinski definition) is 1. The van der Waals surface area contributed by atoms with Crippen LogP contribution in [0.1, 0.15) is 25.1 Å². The number of aryl methyl sites for hydroxylation is 1. The number of pyridine rings is 1. The molecule has 0 bridgehead atoms.